The van der Waals surface area contributed by atoms with Crippen LogP contribution in [0.4, 0.5) is 0 Å². The Labute approximate surface area is 95.0 Å². The van der Waals surface area contributed by atoms with Crippen molar-refractivity contribution in [3.8, 4) is 0 Å². The summed E-state index contributed by atoms with van der Waals surface area (Å²) in [5.41, 5.74) is 1.36. The van der Waals surface area contributed by atoms with Gasteiger partial charge in [-0.2, -0.15) is 0 Å². The van der Waals surface area contributed by atoms with E-state index in [1.165, 1.54) is 22.2 Å². The van der Waals surface area contributed by atoms with Crippen LogP contribution in [0.1, 0.15) is 5.56 Å². The van der Waals surface area contributed by atoms with Gasteiger partial charge in [-0.1, -0.05) is 42.5 Å². The minimum atomic E-state index is 0.977. The van der Waals surface area contributed by atoms with Crippen molar-refractivity contribution in [3.05, 3.63) is 48.0 Å². The van der Waals surface area contributed by atoms with Crippen LogP contribution < -0.4 is 10.3 Å². The summed E-state index contributed by atoms with van der Waals surface area (Å²) in [5.74, 6) is 1.25. The predicted octanol–water partition coefficient (Wildman–Crippen LogP) is 0.465. The zero-order valence-corrected chi connectivity index (χ0v) is 9.16. The zero-order chi connectivity index (χ0) is 10.8. The van der Waals surface area contributed by atoms with Crippen molar-refractivity contribution in [3.63, 3.8) is 0 Å². The number of rotatable bonds is 2. The molecule has 16 heavy (non-hydrogen) atoms. The molecule has 0 bridgehead atoms. The summed E-state index contributed by atoms with van der Waals surface area (Å²) in [6, 6.07) is 15.2. The van der Waals surface area contributed by atoms with Gasteiger partial charge in [-0.15, -0.1) is 0 Å². The monoisotopic (exact) mass is 211 g/mol. The molecular weight excluding hydrogens is 196 g/mol. The van der Waals surface area contributed by atoms with Crippen LogP contribution in [0, 0.1) is 0 Å². The summed E-state index contributed by atoms with van der Waals surface area (Å²) in [7, 11) is 0. The Kier molecular flexibility index (Phi) is 2.33. The topological polar surface area (TPSA) is 26.0 Å². The number of fused-ring (bicyclic) bond motifs is 1. The zero-order valence-electron chi connectivity index (χ0n) is 9.16. The van der Waals surface area contributed by atoms with E-state index in [4.69, 9.17) is 0 Å². The van der Waals surface area contributed by atoms with Crippen LogP contribution in [-0.4, -0.2) is 18.9 Å². The summed E-state index contributed by atoms with van der Waals surface area (Å²) in [6.07, 6.45) is 0.977. The van der Waals surface area contributed by atoms with Crippen LogP contribution in [0.3, 0.4) is 0 Å². The maximum atomic E-state index is 3.36. The van der Waals surface area contributed by atoms with Crippen LogP contribution in [0.25, 0.3) is 10.8 Å². The minimum absolute atomic E-state index is 0.977. The van der Waals surface area contributed by atoms with Gasteiger partial charge in [-0.05, 0) is 16.3 Å². The molecule has 0 fully saturated rings. The van der Waals surface area contributed by atoms with Crippen molar-refractivity contribution < 1.29 is 4.99 Å². The highest BCUT2D eigenvalue weighted by Crippen LogP contribution is 2.15. The fraction of sp³-hybridized carbons (Fsp3) is 0.214. The predicted molar refractivity (Wildman–Crippen MR) is 66.5 cm³/mol. The van der Waals surface area contributed by atoms with Gasteiger partial charge in [0, 0.05) is 0 Å². The highest BCUT2D eigenvalue weighted by atomic mass is 15.1. The first-order valence-corrected chi connectivity index (χ1v) is 5.73. The first-order valence-electron chi connectivity index (χ1n) is 5.73. The van der Waals surface area contributed by atoms with Gasteiger partial charge in [0.05, 0.1) is 6.42 Å². The molecule has 80 valence electrons. The van der Waals surface area contributed by atoms with Crippen LogP contribution in [0.2, 0.25) is 0 Å². The average molecular weight is 211 g/mol. The van der Waals surface area contributed by atoms with Crippen molar-refractivity contribution in [2.45, 2.75) is 6.42 Å². The lowest BCUT2D eigenvalue weighted by Crippen LogP contribution is -2.71. The van der Waals surface area contributed by atoms with E-state index in [9.17, 15) is 0 Å². The van der Waals surface area contributed by atoms with Crippen molar-refractivity contribution >= 4 is 16.6 Å². The maximum absolute atomic E-state index is 3.36. The smallest absolute Gasteiger partial charge is 0.247 e. The molecule has 2 nitrogen and oxygen atoms in total. The van der Waals surface area contributed by atoms with Gasteiger partial charge in [0.15, 0.2) is 0 Å². The van der Waals surface area contributed by atoms with E-state index in [2.05, 4.69) is 52.8 Å². The Morgan fingerprint density at radius 3 is 2.75 bits per heavy atom. The van der Waals surface area contributed by atoms with Gasteiger partial charge in [0.2, 0.25) is 5.84 Å². The molecule has 2 N–H and O–H groups in total. The van der Waals surface area contributed by atoms with Gasteiger partial charge in [-0.25, -0.2) is 0 Å². The molecule has 2 heteroatoms. The molecule has 0 unspecified atom stereocenters. The van der Waals surface area contributed by atoms with Crippen molar-refractivity contribution in [2.75, 3.05) is 13.1 Å². The Balaban J connectivity index is 1.92. The molecule has 1 aliphatic heterocycles. The quantitative estimate of drug-likeness (QED) is 0.742. The van der Waals surface area contributed by atoms with Crippen molar-refractivity contribution in [1.29, 1.82) is 0 Å². The Morgan fingerprint density at radius 1 is 1.06 bits per heavy atom. The number of amidine groups is 1. The van der Waals surface area contributed by atoms with E-state index in [0.29, 0.717) is 0 Å². The Bertz CT molecular complexity index is 543. The van der Waals surface area contributed by atoms with E-state index in [-0.39, 0.29) is 0 Å². The van der Waals surface area contributed by atoms with Crippen LogP contribution in [0.15, 0.2) is 42.5 Å². The molecule has 3 rings (SSSR count). The van der Waals surface area contributed by atoms with Crippen LogP contribution in [-0.2, 0) is 6.42 Å². The SMILES string of the molecule is c1ccc2cc(CC3=[NH+]CCN3)ccc2c1. The van der Waals surface area contributed by atoms with Crippen molar-refractivity contribution in [1.82, 2.24) is 5.32 Å². The third kappa shape index (κ3) is 1.78. The average Bonchev–Trinajstić information content (AvgIpc) is 2.82. The largest absolute Gasteiger partial charge is 0.274 e. The summed E-state index contributed by atoms with van der Waals surface area (Å²) < 4.78 is 0. The highest BCUT2D eigenvalue weighted by Gasteiger charge is 2.12. The lowest BCUT2D eigenvalue weighted by molar-refractivity contribution is -0.445. The maximum Gasteiger partial charge on any atom is 0.247 e. The lowest BCUT2D eigenvalue weighted by atomic mass is 10.0. The normalized spacial score (nSPS) is 14.9. The van der Waals surface area contributed by atoms with E-state index < -0.39 is 0 Å². The van der Waals surface area contributed by atoms with E-state index in [1.54, 1.807) is 0 Å². The van der Waals surface area contributed by atoms with Gasteiger partial charge in [0.1, 0.15) is 13.1 Å². The van der Waals surface area contributed by atoms with Gasteiger partial charge < -0.3 is 0 Å². The highest BCUT2D eigenvalue weighted by molar-refractivity contribution is 5.85. The number of hydrogen-bond acceptors (Lipinski definition) is 1. The first-order chi connectivity index (χ1) is 7.92. The number of nitrogens with one attached hydrogen (secondary N) is 2. The molecule has 0 atom stereocenters. The molecule has 1 heterocycles. The second-order valence-electron chi connectivity index (χ2n) is 4.19. The summed E-state index contributed by atoms with van der Waals surface area (Å²) >= 11 is 0. The van der Waals surface area contributed by atoms with E-state index in [0.717, 1.165) is 19.5 Å². The van der Waals surface area contributed by atoms with Crippen LogP contribution in [0.5, 0.6) is 0 Å². The number of benzene rings is 2. The Morgan fingerprint density at radius 2 is 1.94 bits per heavy atom. The third-order valence-corrected chi connectivity index (χ3v) is 3.00. The summed E-state index contributed by atoms with van der Waals surface area (Å²) in [5, 5.41) is 5.99. The van der Waals surface area contributed by atoms with Crippen LogP contribution >= 0.6 is 0 Å². The minimum Gasteiger partial charge on any atom is -0.274 e. The molecule has 0 aromatic heterocycles. The van der Waals surface area contributed by atoms with Gasteiger partial charge in [-0.3, -0.25) is 10.3 Å². The molecule has 0 saturated heterocycles. The molecule has 0 saturated carbocycles. The summed E-state index contributed by atoms with van der Waals surface area (Å²) in [6.45, 7) is 2.09. The molecule has 1 aliphatic rings. The molecule has 2 aromatic carbocycles. The lowest BCUT2D eigenvalue weighted by Gasteiger charge is -2.01. The second-order valence-corrected chi connectivity index (χ2v) is 4.19. The summed E-state index contributed by atoms with van der Waals surface area (Å²) in [4.78, 5) is 3.36. The van der Waals surface area contributed by atoms with E-state index in [1.807, 2.05) is 0 Å². The molecule has 0 aliphatic carbocycles. The van der Waals surface area contributed by atoms with E-state index >= 15 is 0 Å². The Hall–Kier alpha value is -1.83. The van der Waals surface area contributed by atoms with Crippen molar-refractivity contribution in [2.24, 2.45) is 0 Å². The molecule has 0 amide bonds. The molecule has 2 aromatic rings. The third-order valence-electron chi connectivity index (χ3n) is 3.00. The molecular formula is C14H15N2+. The fourth-order valence-electron chi connectivity index (χ4n) is 2.17. The molecule has 0 radical (unpaired) electrons. The second kappa shape index (κ2) is 3.97. The van der Waals surface area contributed by atoms with Gasteiger partial charge in [0.25, 0.3) is 0 Å². The fourth-order valence-corrected chi connectivity index (χ4v) is 2.17. The number of hydrogen-bond donors (Lipinski definition) is 2. The van der Waals surface area contributed by atoms with Gasteiger partial charge >= 0.3 is 0 Å². The standard InChI is InChI=1S/C14H14N2/c1-2-4-13-9-11(5-6-12(13)3-1)10-14-15-7-8-16-14/h1-6,9H,7-8,10H2,(H,15,16)/p+1. The first kappa shape index (κ1) is 9.40. The molecule has 0 spiro atoms.